The lowest BCUT2D eigenvalue weighted by molar-refractivity contribution is 0.0264. The lowest BCUT2D eigenvalue weighted by atomic mass is 10.1. The fraction of sp³-hybridized carbons (Fsp3) is 0.867. The first-order valence-corrected chi connectivity index (χ1v) is 7.67. The first kappa shape index (κ1) is 23.5. The predicted octanol–water partition coefficient (Wildman–Crippen LogP) is 2.81. The number of guanidine groups is 1. The third kappa shape index (κ3) is 13.0. The van der Waals surface area contributed by atoms with Crippen molar-refractivity contribution in [2.45, 2.75) is 53.6 Å². The van der Waals surface area contributed by atoms with Gasteiger partial charge in [0.25, 0.3) is 0 Å². The van der Waals surface area contributed by atoms with Crippen LogP contribution in [0.4, 0.5) is 4.79 Å². The second kappa shape index (κ2) is 11.8. The van der Waals surface area contributed by atoms with Crippen LogP contribution in [0.5, 0.6) is 0 Å². The first-order valence-electron chi connectivity index (χ1n) is 7.67. The Morgan fingerprint density at radius 1 is 1.36 bits per heavy atom. The minimum absolute atomic E-state index is 0. The molecule has 7 heteroatoms. The molecule has 1 amide bonds. The summed E-state index contributed by atoms with van der Waals surface area (Å²) in [6.07, 6.45) is 0.712. The second-order valence-corrected chi connectivity index (χ2v) is 6.44. The summed E-state index contributed by atoms with van der Waals surface area (Å²) in [4.78, 5) is 17.8. The predicted molar refractivity (Wildman–Crippen MR) is 103 cm³/mol. The van der Waals surface area contributed by atoms with E-state index in [-0.39, 0.29) is 30.1 Å². The van der Waals surface area contributed by atoms with E-state index >= 15 is 0 Å². The van der Waals surface area contributed by atoms with Crippen molar-refractivity contribution in [1.82, 2.24) is 10.2 Å². The van der Waals surface area contributed by atoms with Crippen LogP contribution in [0, 0.1) is 5.92 Å². The van der Waals surface area contributed by atoms with E-state index in [0.717, 1.165) is 13.0 Å². The van der Waals surface area contributed by atoms with Crippen molar-refractivity contribution < 1.29 is 9.53 Å². The molecule has 0 unspecified atom stereocenters. The van der Waals surface area contributed by atoms with Crippen LogP contribution >= 0.6 is 24.0 Å². The number of aliphatic imine (C=N–C) groups is 1. The van der Waals surface area contributed by atoms with E-state index < -0.39 is 5.60 Å². The number of carbonyl (C=O) groups is 1. The van der Waals surface area contributed by atoms with Gasteiger partial charge in [-0.05, 0) is 40.0 Å². The van der Waals surface area contributed by atoms with E-state index in [1.165, 1.54) is 0 Å². The van der Waals surface area contributed by atoms with Crippen molar-refractivity contribution in [3.05, 3.63) is 0 Å². The molecule has 0 aliphatic carbocycles. The molecular weight excluding hydrogens is 395 g/mol. The fourth-order valence-corrected chi connectivity index (χ4v) is 1.52. The lowest BCUT2D eigenvalue weighted by Gasteiger charge is -2.26. The number of halogens is 1. The summed E-state index contributed by atoms with van der Waals surface area (Å²) in [6, 6.07) is 0. The smallest absolute Gasteiger partial charge is 0.410 e. The van der Waals surface area contributed by atoms with Crippen molar-refractivity contribution in [2.24, 2.45) is 16.6 Å². The average molecular weight is 428 g/mol. The Kier molecular flexibility index (Phi) is 12.6. The van der Waals surface area contributed by atoms with Gasteiger partial charge in [0.2, 0.25) is 0 Å². The molecule has 0 rings (SSSR count). The van der Waals surface area contributed by atoms with Gasteiger partial charge < -0.3 is 20.7 Å². The first-order chi connectivity index (χ1) is 9.65. The number of nitrogens with one attached hydrogen (secondary N) is 1. The molecule has 0 aliphatic heterocycles. The zero-order chi connectivity index (χ0) is 16.5. The van der Waals surface area contributed by atoms with Crippen molar-refractivity contribution in [2.75, 3.05) is 26.2 Å². The van der Waals surface area contributed by atoms with Crippen LogP contribution in [0.2, 0.25) is 0 Å². The van der Waals surface area contributed by atoms with Gasteiger partial charge in [0.1, 0.15) is 5.60 Å². The van der Waals surface area contributed by atoms with Crippen LogP contribution in [0.15, 0.2) is 4.99 Å². The molecule has 132 valence electrons. The van der Waals surface area contributed by atoms with Gasteiger partial charge in [-0.15, -0.1) is 24.0 Å². The highest BCUT2D eigenvalue weighted by Gasteiger charge is 2.20. The van der Waals surface area contributed by atoms with Gasteiger partial charge in [0.15, 0.2) is 5.96 Å². The SMILES string of the molecule is CCN(CCNC(N)=NCCC(C)C)C(=O)OC(C)(C)C.I. The van der Waals surface area contributed by atoms with E-state index in [9.17, 15) is 4.79 Å². The molecule has 0 aliphatic rings. The number of rotatable bonds is 7. The zero-order valence-corrected chi connectivity index (χ0v) is 17.1. The number of hydrogen-bond donors (Lipinski definition) is 2. The Morgan fingerprint density at radius 3 is 2.41 bits per heavy atom. The van der Waals surface area contributed by atoms with Crippen LogP contribution in [0.25, 0.3) is 0 Å². The fourth-order valence-electron chi connectivity index (χ4n) is 1.52. The maximum atomic E-state index is 11.9. The molecule has 0 bridgehead atoms. The van der Waals surface area contributed by atoms with Crippen LogP contribution in [-0.4, -0.2) is 48.7 Å². The Hall–Kier alpha value is -0.730. The lowest BCUT2D eigenvalue weighted by Crippen LogP contribution is -2.42. The van der Waals surface area contributed by atoms with E-state index in [1.54, 1.807) is 4.90 Å². The van der Waals surface area contributed by atoms with Gasteiger partial charge in [-0.1, -0.05) is 13.8 Å². The molecule has 0 atom stereocenters. The Labute approximate surface area is 152 Å². The third-order valence-corrected chi connectivity index (χ3v) is 2.71. The number of likely N-dealkylation sites (N-methyl/N-ethyl adjacent to an activating group) is 1. The van der Waals surface area contributed by atoms with Crippen molar-refractivity contribution in [1.29, 1.82) is 0 Å². The summed E-state index contributed by atoms with van der Waals surface area (Å²) in [7, 11) is 0. The average Bonchev–Trinajstić information content (AvgIpc) is 2.31. The van der Waals surface area contributed by atoms with Gasteiger partial charge in [0.05, 0.1) is 0 Å². The second-order valence-electron chi connectivity index (χ2n) is 6.44. The van der Waals surface area contributed by atoms with Crippen molar-refractivity contribution >= 4 is 36.0 Å². The molecule has 0 spiro atoms. The Bertz CT molecular complexity index is 341. The van der Waals surface area contributed by atoms with E-state index in [0.29, 0.717) is 31.5 Å². The zero-order valence-electron chi connectivity index (χ0n) is 14.8. The van der Waals surface area contributed by atoms with Crippen LogP contribution in [0.1, 0.15) is 48.0 Å². The number of carbonyl (C=O) groups excluding carboxylic acids is 1. The molecule has 0 fully saturated rings. The summed E-state index contributed by atoms with van der Waals surface area (Å²) in [6.45, 7) is 14.2. The molecule has 0 heterocycles. The molecule has 0 aromatic rings. The number of nitrogens with two attached hydrogens (primary N) is 1. The topological polar surface area (TPSA) is 80.0 Å². The Balaban J connectivity index is 0. The van der Waals surface area contributed by atoms with E-state index in [2.05, 4.69) is 24.2 Å². The van der Waals surface area contributed by atoms with E-state index in [4.69, 9.17) is 10.5 Å². The molecule has 0 saturated heterocycles. The van der Waals surface area contributed by atoms with Crippen LogP contribution in [0.3, 0.4) is 0 Å². The normalized spacial score (nSPS) is 11.9. The number of ether oxygens (including phenoxy) is 1. The summed E-state index contributed by atoms with van der Waals surface area (Å²) in [5, 5.41) is 3.02. The highest BCUT2D eigenvalue weighted by atomic mass is 127. The molecule has 0 radical (unpaired) electrons. The minimum atomic E-state index is -0.477. The summed E-state index contributed by atoms with van der Waals surface area (Å²) < 4.78 is 5.34. The van der Waals surface area contributed by atoms with Crippen LogP contribution < -0.4 is 11.1 Å². The number of amides is 1. The standard InChI is InChI=1S/C15H32N4O2.HI/c1-7-19(14(20)21-15(4,5)6)11-10-18-13(16)17-9-8-12(2)3;/h12H,7-11H2,1-6H3,(H3,16,17,18);1H. The monoisotopic (exact) mass is 428 g/mol. The molecule has 6 nitrogen and oxygen atoms in total. The summed E-state index contributed by atoms with van der Waals surface area (Å²) in [5.74, 6) is 1.04. The van der Waals surface area contributed by atoms with Gasteiger partial charge in [-0.3, -0.25) is 4.99 Å². The summed E-state index contributed by atoms with van der Waals surface area (Å²) in [5.41, 5.74) is 5.29. The molecule has 0 saturated carbocycles. The molecule has 22 heavy (non-hydrogen) atoms. The summed E-state index contributed by atoms with van der Waals surface area (Å²) >= 11 is 0. The Morgan fingerprint density at radius 2 is 1.95 bits per heavy atom. The van der Waals surface area contributed by atoms with Crippen molar-refractivity contribution in [3.8, 4) is 0 Å². The van der Waals surface area contributed by atoms with Gasteiger partial charge in [0, 0.05) is 26.2 Å². The number of hydrogen-bond acceptors (Lipinski definition) is 3. The molecular formula is C15H33IN4O2. The third-order valence-electron chi connectivity index (χ3n) is 2.71. The van der Waals surface area contributed by atoms with Gasteiger partial charge in [-0.2, -0.15) is 0 Å². The highest BCUT2D eigenvalue weighted by Crippen LogP contribution is 2.09. The van der Waals surface area contributed by atoms with Gasteiger partial charge in [-0.25, -0.2) is 4.79 Å². The van der Waals surface area contributed by atoms with Gasteiger partial charge >= 0.3 is 6.09 Å². The highest BCUT2D eigenvalue weighted by molar-refractivity contribution is 14.0. The van der Waals surface area contributed by atoms with Crippen LogP contribution in [-0.2, 0) is 4.74 Å². The maximum Gasteiger partial charge on any atom is 0.410 e. The minimum Gasteiger partial charge on any atom is -0.444 e. The largest absolute Gasteiger partial charge is 0.444 e. The molecule has 0 aromatic heterocycles. The number of nitrogens with zero attached hydrogens (tertiary/aromatic N) is 2. The molecule has 0 aromatic carbocycles. The molecule has 3 N–H and O–H groups in total. The van der Waals surface area contributed by atoms with E-state index in [1.807, 2.05) is 27.7 Å². The maximum absolute atomic E-state index is 11.9. The van der Waals surface area contributed by atoms with Crippen molar-refractivity contribution in [3.63, 3.8) is 0 Å². The quantitative estimate of drug-likeness (QED) is 0.371.